The number of aromatic nitrogens is 2. The molecule has 2 aromatic rings. The Labute approximate surface area is 161 Å². The minimum absolute atomic E-state index is 0.0204. The monoisotopic (exact) mass is 367 g/mol. The standard InChI is InChI=1S/C21H29N5O/c1-24(15-16-8-3-4-10-19(16)26-12-5-6-13-26)21(27)23-18-9-7-11-20-17(18)14-22-25(20)2/h3-4,8,10,14,18H,5-7,9,11-13,15H2,1-2H3,(H,23,27). The summed E-state index contributed by atoms with van der Waals surface area (Å²) < 4.78 is 1.93. The second-order valence-corrected chi connectivity index (χ2v) is 7.74. The second-order valence-electron chi connectivity index (χ2n) is 7.74. The van der Waals surface area contributed by atoms with E-state index in [1.54, 1.807) is 4.90 Å². The van der Waals surface area contributed by atoms with Gasteiger partial charge in [0.05, 0.1) is 12.2 Å². The van der Waals surface area contributed by atoms with Gasteiger partial charge in [-0.25, -0.2) is 4.79 Å². The molecular weight excluding hydrogens is 338 g/mol. The third-order valence-electron chi connectivity index (χ3n) is 5.87. The van der Waals surface area contributed by atoms with Gasteiger partial charge in [-0.15, -0.1) is 0 Å². The number of anilines is 1. The third-order valence-corrected chi connectivity index (χ3v) is 5.87. The molecule has 144 valence electrons. The minimum atomic E-state index is -0.0204. The van der Waals surface area contributed by atoms with Gasteiger partial charge >= 0.3 is 6.03 Å². The first-order valence-corrected chi connectivity index (χ1v) is 9.98. The van der Waals surface area contributed by atoms with Crippen LogP contribution in [0.5, 0.6) is 0 Å². The molecule has 1 fully saturated rings. The molecule has 4 rings (SSSR count). The maximum Gasteiger partial charge on any atom is 0.317 e. The lowest BCUT2D eigenvalue weighted by atomic mass is 9.93. The van der Waals surface area contributed by atoms with Crippen molar-refractivity contribution < 1.29 is 4.79 Å². The molecule has 1 saturated heterocycles. The number of rotatable bonds is 4. The van der Waals surface area contributed by atoms with Crippen LogP contribution in [0.15, 0.2) is 30.5 Å². The number of aryl methyl sites for hydroxylation is 1. The highest BCUT2D eigenvalue weighted by molar-refractivity contribution is 5.75. The summed E-state index contributed by atoms with van der Waals surface area (Å²) in [5, 5.41) is 7.59. The molecule has 2 heterocycles. The molecule has 27 heavy (non-hydrogen) atoms. The number of urea groups is 1. The molecule has 0 radical (unpaired) electrons. The Balaban J connectivity index is 1.43. The molecule has 1 unspecified atom stereocenters. The van der Waals surface area contributed by atoms with Crippen molar-refractivity contribution in [3.8, 4) is 0 Å². The molecular formula is C21H29N5O. The molecule has 6 heteroatoms. The fourth-order valence-corrected chi connectivity index (χ4v) is 4.35. The van der Waals surface area contributed by atoms with Crippen LogP contribution in [-0.4, -0.2) is 40.8 Å². The lowest BCUT2D eigenvalue weighted by Gasteiger charge is -2.28. The van der Waals surface area contributed by atoms with Gasteiger partial charge in [-0.3, -0.25) is 4.68 Å². The first-order chi connectivity index (χ1) is 13.1. The van der Waals surface area contributed by atoms with Gasteiger partial charge in [0.25, 0.3) is 0 Å². The van der Waals surface area contributed by atoms with Crippen molar-refractivity contribution in [2.24, 2.45) is 7.05 Å². The second kappa shape index (κ2) is 7.62. The summed E-state index contributed by atoms with van der Waals surface area (Å²) in [7, 11) is 3.85. The highest BCUT2D eigenvalue weighted by atomic mass is 16.2. The topological polar surface area (TPSA) is 53.4 Å². The summed E-state index contributed by atoms with van der Waals surface area (Å²) >= 11 is 0. The summed E-state index contributed by atoms with van der Waals surface area (Å²) in [5.41, 5.74) is 4.89. The van der Waals surface area contributed by atoms with Crippen molar-refractivity contribution >= 4 is 11.7 Å². The zero-order valence-electron chi connectivity index (χ0n) is 16.3. The maximum atomic E-state index is 12.8. The molecule has 1 aromatic heterocycles. The van der Waals surface area contributed by atoms with E-state index in [1.165, 1.54) is 35.3 Å². The molecule has 2 amide bonds. The van der Waals surface area contributed by atoms with Crippen LogP contribution in [-0.2, 0) is 20.0 Å². The van der Waals surface area contributed by atoms with Gasteiger partial charge in [-0.05, 0) is 43.7 Å². The van der Waals surface area contributed by atoms with E-state index in [0.717, 1.165) is 32.4 Å². The highest BCUT2D eigenvalue weighted by Gasteiger charge is 2.26. The van der Waals surface area contributed by atoms with E-state index in [9.17, 15) is 4.79 Å². The molecule has 1 N–H and O–H groups in total. The summed E-state index contributed by atoms with van der Waals surface area (Å²) in [6.45, 7) is 2.84. The Morgan fingerprint density at radius 2 is 2.04 bits per heavy atom. The van der Waals surface area contributed by atoms with Crippen LogP contribution in [0.4, 0.5) is 10.5 Å². The Hall–Kier alpha value is -2.50. The van der Waals surface area contributed by atoms with Gasteiger partial charge in [0.15, 0.2) is 0 Å². The molecule has 1 aliphatic carbocycles. The summed E-state index contributed by atoms with van der Waals surface area (Å²) in [6.07, 6.45) is 7.50. The Kier molecular flexibility index (Phi) is 5.05. The maximum absolute atomic E-state index is 12.8. The van der Waals surface area contributed by atoms with Gasteiger partial charge in [-0.2, -0.15) is 5.10 Å². The van der Waals surface area contributed by atoms with E-state index < -0.39 is 0 Å². The predicted molar refractivity (Wildman–Crippen MR) is 107 cm³/mol. The SMILES string of the molecule is CN(Cc1ccccc1N1CCCC1)C(=O)NC1CCCc2c1cnn2C. The van der Waals surface area contributed by atoms with E-state index in [4.69, 9.17) is 0 Å². The van der Waals surface area contributed by atoms with Crippen molar-refractivity contribution in [3.05, 3.63) is 47.3 Å². The van der Waals surface area contributed by atoms with Crippen LogP contribution in [0, 0.1) is 0 Å². The molecule has 0 spiro atoms. The molecule has 0 saturated carbocycles. The number of hydrogen-bond acceptors (Lipinski definition) is 3. The molecule has 1 aromatic carbocycles. The third kappa shape index (κ3) is 3.66. The van der Waals surface area contributed by atoms with Crippen LogP contribution in [0.3, 0.4) is 0 Å². The first kappa shape index (κ1) is 17.9. The van der Waals surface area contributed by atoms with Crippen LogP contribution in [0.2, 0.25) is 0 Å². The Morgan fingerprint density at radius 3 is 2.85 bits per heavy atom. The molecule has 0 bridgehead atoms. The Bertz CT molecular complexity index is 809. The summed E-state index contributed by atoms with van der Waals surface area (Å²) in [6, 6.07) is 8.50. The number of hydrogen-bond donors (Lipinski definition) is 1. The van der Waals surface area contributed by atoms with Crippen LogP contribution < -0.4 is 10.2 Å². The van der Waals surface area contributed by atoms with Crippen molar-refractivity contribution in [1.82, 2.24) is 20.0 Å². The van der Waals surface area contributed by atoms with E-state index in [-0.39, 0.29) is 12.1 Å². The van der Waals surface area contributed by atoms with Crippen LogP contribution in [0.25, 0.3) is 0 Å². The number of carbonyl (C=O) groups is 1. The number of amides is 2. The smallest absolute Gasteiger partial charge is 0.317 e. The van der Waals surface area contributed by atoms with Crippen molar-refractivity contribution in [2.45, 2.75) is 44.7 Å². The van der Waals surface area contributed by atoms with Crippen LogP contribution in [0.1, 0.15) is 48.5 Å². The Morgan fingerprint density at radius 1 is 1.26 bits per heavy atom. The van der Waals surface area contributed by atoms with E-state index in [1.807, 2.05) is 25.0 Å². The average molecular weight is 367 g/mol. The van der Waals surface area contributed by atoms with E-state index in [2.05, 4.69) is 39.6 Å². The van der Waals surface area contributed by atoms with E-state index in [0.29, 0.717) is 6.54 Å². The van der Waals surface area contributed by atoms with Gasteiger partial charge in [0.2, 0.25) is 0 Å². The normalized spacial score (nSPS) is 19.0. The zero-order valence-corrected chi connectivity index (χ0v) is 16.3. The largest absolute Gasteiger partial charge is 0.371 e. The number of nitrogens with one attached hydrogen (secondary N) is 1. The lowest BCUT2D eigenvalue weighted by Crippen LogP contribution is -2.40. The minimum Gasteiger partial charge on any atom is -0.371 e. The quantitative estimate of drug-likeness (QED) is 0.903. The van der Waals surface area contributed by atoms with Crippen molar-refractivity contribution in [1.29, 1.82) is 0 Å². The number of carbonyl (C=O) groups excluding carboxylic acids is 1. The molecule has 1 atom stereocenters. The van der Waals surface area contributed by atoms with Crippen LogP contribution >= 0.6 is 0 Å². The van der Waals surface area contributed by atoms with E-state index >= 15 is 0 Å². The zero-order chi connectivity index (χ0) is 18.8. The fourth-order valence-electron chi connectivity index (χ4n) is 4.35. The number of benzene rings is 1. The average Bonchev–Trinajstić information content (AvgIpc) is 3.33. The molecule has 1 aliphatic heterocycles. The molecule has 2 aliphatic rings. The fraction of sp³-hybridized carbons (Fsp3) is 0.524. The summed E-state index contributed by atoms with van der Waals surface area (Å²) in [4.78, 5) is 17.1. The number of nitrogens with zero attached hydrogens (tertiary/aromatic N) is 4. The highest BCUT2D eigenvalue weighted by Crippen LogP contribution is 2.30. The number of para-hydroxylation sites is 1. The first-order valence-electron chi connectivity index (χ1n) is 9.98. The molecule has 6 nitrogen and oxygen atoms in total. The van der Waals surface area contributed by atoms with Crippen molar-refractivity contribution in [2.75, 3.05) is 25.0 Å². The lowest BCUT2D eigenvalue weighted by molar-refractivity contribution is 0.201. The van der Waals surface area contributed by atoms with Gasteiger partial charge in [-0.1, -0.05) is 18.2 Å². The number of fused-ring (bicyclic) bond motifs is 1. The van der Waals surface area contributed by atoms with Gasteiger partial charge in [0.1, 0.15) is 0 Å². The van der Waals surface area contributed by atoms with Gasteiger partial charge in [0, 0.05) is 50.7 Å². The summed E-state index contributed by atoms with van der Waals surface area (Å²) in [5.74, 6) is 0. The van der Waals surface area contributed by atoms with Crippen molar-refractivity contribution in [3.63, 3.8) is 0 Å². The van der Waals surface area contributed by atoms with Gasteiger partial charge < -0.3 is 15.1 Å². The predicted octanol–water partition coefficient (Wildman–Crippen LogP) is 3.24.